The van der Waals surface area contributed by atoms with Gasteiger partial charge in [0.05, 0.1) is 12.1 Å². The molecule has 1 saturated carbocycles. The van der Waals surface area contributed by atoms with Crippen LogP contribution in [0.25, 0.3) is 11.5 Å². The molecule has 2 aromatic heterocycles. The van der Waals surface area contributed by atoms with E-state index in [1.54, 1.807) is 18.6 Å². The van der Waals surface area contributed by atoms with Crippen molar-refractivity contribution in [3.05, 3.63) is 60.4 Å². The average Bonchev–Trinajstić information content (AvgIpc) is 3.57. The first-order valence-electron chi connectivity index (χ1n) is 12.9. The summed E-state index contributed by atoms with van der Waals surface area (Å²) in [6, 6.07) is 9.87. The Morgan fingerprint density at radius 3 is 2.78 bits per heavy atom. The highest BCUT2D eigenvalue weighted by Crippen LogP contribution is 2.41. The van der Waals surface area contributed by atoms with E-state index in [9.17, 15) is 9.59 Å². The first-order chi connectivity index (χ1) is 17.7. The molecule has 1 aliphatic heterocycles. The van der Waals surface area contributed by atoms with Gasteiger partial charge in [-0.2, -0.15) is 4.98 Å². The van der Waals surface area contributed by atoms with Crippen LogP contribution in [-0.4, -0.2) is 56.0 Å². The van der Waals surface area contributed by atoms with Gasteiger partial charge in [0.1, 0.15) is 5.69 Å². The van der Waals surface area contributed by atoms with E-state index in [-0.39, 0.29) is 29.7 Å². The van der Waals surface area contributed by atoms with E-state index in [0.717, 1.165) is 31.2 Å². The van der Waals surface area contributed by atoms with Crippen LogP contribution < -0.4 is 5.32 Å². The van der Waals surface area contributed by atoms with E-state index in [0.29, 0.717) is 56.2 Å². The van der Waals surface area contributed by atoms with Crippen molar-refractivity contribution in [2.24, 2.45) is 5.92 Å². The molecule has 2 fully saturated rings. The molecule has 3 unspecified atom stereocenters. The third-order valence-corrected chi connectivity index (χ3v) is 7.27. The molecular weight excluding hydrogens is 456 g/mol. The lowest BCUT2D eigenvalue weighted by Gasteiger charge is -2.33. The van der Waals surface area contributed by atoms with Gasteiger partial charge in [-0.05, 0) is 37.7 Å². The summed E-state index contributed by atoms with van der Waals surface area (Å²) in [5.41, 5.74) is 1.68. The van der Waals surface area contributed by atoms with E-state index in [4.69, 9.17) is 4.52 Å². The number of amides is 2. The van der Waals surface area contributed by atoms with Crippen molar-refractivity contribution in [3.63, 3.8) is 0 Å². The highest BCUT2D eigenvalue weighted by molar-refractivity contribution is 5.82. The second-order valence-electron chi connectivity index (χ2n) is 9.67. The van der Waals surface area contributed by atoms with Crippen molar-refractivity contribution < 1.29 is 14.1 Å². The Labute approximate surface area is 210 Å². The Morgan fingerprint density at radius 1 is 1.08 bits per heavy atom. The van der Waals surface area contributed by atoms with E-state index >= 15 is 0 Å². The van der Waals surface area contributed by atoms with E-state index < -0.39 is 0 Å². The molecule has 36 heavy (non-hydrogen) atoms. The number of carbonyl (C=O) groups is 2. The van der Waals surface area contributed by atoms with Crippen molar-refractivity contribution in [1.29, 1.82) is 0 Å². The van der Waals surface area contributed by atoms with E-state index in [1.807, 2.05) is 35.2 Å². The highest BCUT2D eigenvalue weighted by atomic mass is 16.5. The smallest absolute Gasteiger partial charge is 0.230 e. The summed E-state index contributed by atoms with van der Waals surface area (Å²) in [5, 5.41) is 7.20. The molecule has 188 valence electrons. The number of rotatable bonds is 5. The van der Waals surface area contributed by atoms with Crippen molar-refractivity contribution >= 4 is 11.8 Å². The summed E-state index contributed by atoms with van der Waals surface area (Å²) in [5.74, 6) is 0.579. The predicted octanol–water partition coefficient (Wildman–Crippen LogP) is 3.54. The van der Waals surface area contributed by atoms with E-state index in [1.165, 1.54) is 0 Å². The molecule has 1 saturated heterocycles. The maximum absolute atomic E-state index is 13.5. The number of aryl methyl sites for hydroxylation is 1. The Kier molecular flexibility index (Phi) is 7.64. The van der Waals surface area contributed by atoms with Gasteiger partial charge in [-0.1, -0.05) is 48.3 Å². The van der Waals surface area contributed by atoms with Gasteiger partial charge < -0.3 is 14.7 Å². The first kappa shape index (κ1) is 24.1. The molecule has 9 nitrogen and oxygen atoms in total. The van der Waals surface area contributed by atoms with Crippen LogP contribution in [0.5, 0.6) is 0 Å². The molecule has 2 aliphatic rings. The molecule has 9 heteroatoms. The van der Waals surface area contributed by atoms with Gasteiger partial charge in [-0.25, -0.2) is 4.98 Å². The lowest BCUT2D eigenvalue weighted by Crippen LogP contribution is -2.47. The average molecular weight is 489 g/mol. The van der Waals surface area contributed by atoms with Crippen LogP contribution in [0.3, 0.4) is 0 Å². The monoisotopic (exact) mass is 488 g/mol. The molecule has 5 rings (SSSR count). The number of nitrogens with zero attached hydrogens (tertiary/aromatic N) is 5. The maximum Gasteiger partial charge on any atom is 0.230 e. The molecule has 0 radical (unpaired) electrons. The Balaban J connectivity index is 1.36. The third kappa shape index (κ3) is 5.61. The lowest BCUT2D eigenvalue weighted by atomic mass is 9.99. The summed E-state index contributed by atoms with van der Waals surface area (Å²) >= 11 is 0. The number of benzene rings is 1. The van der Waals surface area contributed by atoms with Crippen LogP contribution in [0.1, 0.15) is 62.3 Å². The fourth-order valence-electron chi connectivity index (χ4n) is 5.38. The van der Waals surface area contributed by atoms with Gasteiger partial charge in [0.25, 0.3) is 0 Å². The normalized spacial score (nSPS) is 22.9. The van der Waals surface area contributed by atoms with Gasteiger partial charge in [0.15, 0.2) is 0 Å². The van der Waals surface area contributed by atoms with Crippen LogP contribution >= 0.6 is 0 Å². The largest absolute Gasteiger partial charge is 0.356 e. The van der Waals surface area contributed by atoms with Gasteiger partial charge >= 0.3 is 0 Å². The van der Waals surface area contributed by atoms with Crippen LogP contribution in [0.15, 0.2) is 53.4 Å². The van der Waals surface area contributed by atoms with Gasteiger partial charge in [-0.15, -0.1) is 0 Å². The molecule has 3 aromatic rings. The quantitative estimate of drug-likeness (QED) is 0.584. The molecule has 3 heterocycles. The molecule has 1 aromatic carbocycles. The molecular formula is C27H32N6O3. The van der Waals surface area contributed by atoms with Crippen LogP contribution in [0, 0.1) is 5.92 Å². The van der Waals surface area contributed by atoms with Crippen LogP contribution in [0.2, 0.25) is 0 Å². The van der Waals surface area contributed by atoms with Crippen molar-refractivity contribution in [2.45, 2.75) is 63.3 Å². The second kappa shape index (κ2) is 11.4. The second-order valence-corrected chi connectivity index (χ2v) is 9.67. The zero-order valence-corrected chi connectivity index (χ0v) is 20.4. The van der Waals surface area contributed by atoms with Gasteiger partial charge in [0.2, 0.25) is 23.5 Å². The topological polar surface area (TPSA) is 114 Å². The minimum Gasteiger partial charge on any atom is -0.356 e. The Morgan fingerprint density at radius 2 is 1.94 bits per heavy atom. The number of fused-ring (bicyclic) bond motifs is 1. The predicted molar refractivity (Wildman–Crippen MR) is 133 cm³/mol. The number of hydrogen-bond donors (Lipinski definition) is 1. The molecule has 1 aliphatic carbocycles. The summed E-state index contributed by atoms with van der Waals surface area (Å²) in [6.45, 7) is 1.34. The molecule has 0 bridgehead atoms. The van der Waals surface area contributed by atoms with Crippen molar-refractivity contribution in [2.75, 3.05) is 13.1 Å². The standard InChI is InChI=1S/C27H32N6O3/c34-24(11-10-19-8-4-3-5-9-19)33-15-7-2-1-6-12-30-26(35)21-16-20(17-23(21)33)27-31-25(32-36-27)22-18-28-13-14-29-22/h3-5,8-9,13-14,18,20-21,23H,1-2,6-7,10-12,15-17H2,(H,30,35). The minimum absolute atomic E-state index is 0.0129. The van der Waals surface area contributed by atoms with Crippen LogP contribution in [-0.2, 0) is 16.0 Å². The molecule has 2 amide bonds. The van der Waals surface area contributed by atoms with Crippen LogP contribution in [0.4, 0.5) is 0 Å². The van der Waals surface area contributed by atoms with Crippen molar-refractivity contribution in [1.82, 2.24) is 30.3 Å². The molecule has 3 atom stereocenters. The number of nitrogens with one attached hydrogen (secondary N) is 1. The third-order valence-electron chi connectivity index (χ3n) is 7.27. The Bertz CT molecular complexity index is 1150. The highest BCUT2D eigenvalue weighted by Gasteiger charge is 2.45. The van der Waals surface area contributed by atoms with Gasteiger partial charge in [-0.3, -0.25) is 14.6 Å². The number of aromatic nitrogens is 4. The zero-order chi connectivity index (χ0) is 24.7. The van der Waals surface area contributed by atoms with E-state index in [2.05, 4.69) is 25.4 Å². The minimum atomic E-state index is -0.305. The number of carbonyl (C=O) groups excluding carboxylic acids is 2. The zero-order valence-electron chi connectivity index (χ0n) is 20.4. The fourth-order valence-corrected chi connectivity index (χ4v) is 5.38. The SMILES string of the molecule is O=C1NCCCCCCN(C(=O)CCc2ccccc2)C2CC(c3nc(-c4cnccn4)no3)CC12. The Hall–Kier alpha value is -3.62. The maximum atomic E-state index is 13.5. The molecule has 1 N–H and O–H groups in total. The summed E-state index contributed by atoms with van der Waals surface area (Å²) in [4.78, 5) is 41.6. The molecule has 0 spiro atoms. The summed E-state index contributed by atoms with van der Waals surface area (Å²) < 4.78 is 5.61. The van der Waals surface area contributed by atoms with Crippen molar-refractivity contribution in [3.8, 4) is 11.5 Å². The van der Waals surface area contributed by atoms with Gasteiger partial charge in [0, 0.05) is 43.9 Å². The first-order valence-corrected chi connectivity index (χ1v) is 12.9. The summed E-state index contributed by atoms with van der Waals surface area (Å²) in [6.07, 6.45) is 11.1. The fraction of sp³-hybridized carbons (Fsp3) is 0.481. The summed E-state index contributed by atoms with van der Waals surface area (Å²) in [7, 11) is 0. The lowest BCUT2D eigenvalue weighted by molar-refractivity contribution is -0.136. The number of hydrogen-bond acceptors (Lipinski definition) is 7.